The summed E-state index contributed by atoms with van der Waals surface area (Å²) in [6.45, 7) is 5.15. The summed E-state index contributed by atoms with van der Waals surface area (Å²) < 4.78 is 5.68. The molecule has 24 heavy (non-hydrogen) atoms. The summed E-state index contributed by atoms with van der Waals surface area (Å²) in [5.41, 5.74) is 1.11. The van der Waals surface area contributed by atoms with E-state index in [0.29, 0.717) is 19.6 Å². The van der Waals surface area contributed by atoms with Gasteiger partial charge >= 0.3 is 0 Å². The van der Waals surface area contributed by atoms with Gasteiger partial charge in [-0.05, 0) is 24.0 Å². The van der Waals surface area contributed by atoms with Crippen molar-refractivity contribution in [2.75, 3.05) is 13.2 Å². The molecule has 0 aliphatic rings. The minimum absolute atomic E-state index is 0.0996. The Kier molecular flexibility index (Phi) is 9.52. The minimum Gasteiger partial charge on any atom is -0.392 e. The van der Waals surface area contributed by atoms with Gasteiger partial charge in [0.1, 0.15) is 0 Å². The molecule has 1 aromatic rings. The summed E-state index contributed by atoms with van der Waals surface area (Å²) in [6.07, 6.45) is 8.40. The molecule has 0 unspecified atom stereocenters. The van der Waals surface area contributed by atoms with Crippen LogP contribution in [0.25, 0.3) is 0 Å². The van der Waals surface area contributed by atoms with Crippen molar-refractivity contribution in [2.45, 2.75) is 33.0 Å². The molecule has 130 valence electrons. The molecular formula is C20H27NO3. The van der Waals surface area contributed by atoms with Gasteiger partial charge in [-0.25, -0.2) is 0 Å². The molecule has 2 atom stereocenters. The van der Waals surface area contributed by atoms with Gasteiger partial charge in [0, 0.05) is 12.5 Å². The molecule has 1 amide bonds. The van der Waals surface area contributed by atoms with E-state index < -0.39 is 6.10 Å². The van der Waals surface area contributed by atoms with E-state index >= 15 is 0 Å². The predicted octanol–water partition coefficient (Wildman–Crippen LogP) is 2.53. The average molecular weight is 329 g/mol. The van der Waals surface area contributed by atoms with Gasteiger partial charge in [0.25, 0.3) is 0 Å². The standard InChI is InChI=1S/C20H27NO3/c1-4-13-21-19(22)11-10-18(20(23)16(2)3)12-14-24-15-17-8-6-5-7-9-17/h1,5-11,16,18,20,23H,12-15H2,2-3H3,(H,21,22)/b11-10+/t18-,20+/m0/s1. The number of ether oxygens (including phenoxy) is 1. The Labute approximate surface area is 144 Å². The van der Waals surface area contributed by atoms with E-state index in [4.69, 9.17) is 11.2 Å². The number of aliphatic hydroxyl groups is 1. The van der Waals surface area contributed by atoms with Crippen molar-refractivity contribution in [1.29, 1.82) is 0 Å². The van der Waals surface area contributed by atoms with Crippen LogP contribution in [0.1, 0.15) is 25.8 Å². The molecule has 1 rings (SSSR count). The Balaban J connectivity index is 2.48. The van der Waals surface area contributed by atoms with Gasteiger partial charge in [-0.15, -0.1) is 6.42 Å². The largest absolute Gasteiger partial charge is 0.392 e. The molecule has 0 saturated heterocycles. The van der Waals surface area contributed by atoms with Gasteiger partial charge in [0.05, 0.1) is 19.3 Å². The van der Waals surface area contributed by atoms with Crippen LogP contribution < -0.4 is 5.32 Å². The Hall–Kier alpha value is -2.09. The fraction of sp³-hybridized carbons (Fsp3) is 0.450. The van der Waals surface area contributed by atoms with Crippen LogP contribution >= 0.6 is 0 Å². The van der Waals surface area contributed by atoms with Crippen LogP contribution in [0.4, 0.5) is 0 Å². The number of amides is 1. The molecule has 0 fully saturated rings. The highest BCUT2D eigenvalue weighted by molar-refractivity contribution is 5.87. The maximum Gasteiger partial charge on any atom is 0.244 e. The first-order valence-corrected chi connectivity index (χ1v) is 8.23. The van der Waals surface area contributed by atoms with Crippen molar-refractivity contribution < 1.29 is 14.6 Å². The summed E-state index contributed by atoms with van der Waals surface area (Å²) in [7, 11) is 0. The molecule has 0 saturated carbocycles. The molecule has 0 aliphatic carbocycles. The van der Waals surface area contributed by atoms with Gasteiger partial charge in [0.2, 0.25) is 5.91 Å². The number of rotatable bonds is 10. The van der Waals surface area contributed by atoms with Crippen molar-refractivity contribution >= 4 is 5.91 Å². The molecule has 0 aromatic heterocycles. The van der Waals surface area contributed by atoms with E-state index in [9.17, 15) is 9.90 Å². The lowest BCUT2D eigenvalue weighted by atomic mass is 9.90. The van der Waals surface area contributed by atoms with Gasteiger partial charge in [0.15, 0.2) is 0 Å². The highest BCUT2D eigenvalue weighted by atomic mass is 16.5. The summed E-state index contributed by atoms with van der Waals surface area (Å²) in [5.74, 6) is 2.06. The molecule has 4 heteroatoms. The normalized spacial score (nSPS) is 13.6. The first-order valence-electron chi connectivity index (χ1n) is 8.23. The Bertz CT molecular complexity index is 546. The van der Waals surface area contributed by atoms with Crippen molar-refractivity contribution in [3.63, 3.8) is 0 Å². The molecule has 0 bridgehead atoms. The second kappa shape index (κ2) is 11.4. The third-order valence-electron chi connectivity index (χ3n) is 3.69. The third-order valence-corrected chi connectivity index (χ3v) is 3.69. The van der Waals surface area contributed by atoms with Gasteiger partial charge in [-0.3, -0.25) is 4.79 Å². The van der Waals surface area contributed by atoms with Crippen molar-refractivity contribution in [3.05, 3.63) is 48.0 Å². The highest BCUT2D eigenvalue weighted by Crippen LogP contribution is 2.18. The zero-order chi connectivity index (χ0) is 17.8. The summed E-state index contributed by atoms with van der Waals surface area (Å²) >= 11 is 0. The number of benzene rings is 1. The zero-order valence-electron chi connectivity index (χ0n) is 14.4. The zero-order valence-corrected chi connectivity index (χ0v) is 14.4. The van der Waals surface area contributed by atoms with Crippen molar-refractivity contribution in [1.82, 2.24) is 5.32 Å². The molecule has 1 aromatic carbocycles. The van der Waals surface area contributed by atoms with Crippen LogP contribution in [0.2, 0.25) is 0 Å². The minimum atomic E-state index is -0.526. The summed E-state index contributed by atoms with van der Waals surface area (Å²) in [4.78, 5) is 11.6. The summed E-state index contributed by atoms with van der Waals surface area (Å²) in [6, 6.07) is 9.93. The molecule has 2 N–H and O–H groups in total. The number of hydrogen-bond donors (Lipinski definition) is 2. The first-order chi connectivity index (χ1) is 11.5. The van der Waals surface area contributed by atoms with Crippen LogP contribution in [0.3, 0.4) is 0 Å². The van der Waals surface area contributed by atoms with E-state index in [0.717, 1.165) is 5.56 Å². The Morgan fingerprint density at radius 2 is 2.08 bits per heavy atom. The van der Waals surface area contributed by atoms with Gasteiger partial charge in [-0.2, -0.15) is 0 Å². The van der Waals surface area contributed by atoms with E-state index in [1.54, 1.807) is 6.08 Å². The quantitative estimate of drug-likeness (QED) is 0.394. The Morgan fingerprint density at radius 1 is 1.38 bits per heavy atom. The number of terminal acetylenes is 1. The number of aliphatic hydroxyl groups excluding tert-OH is 1. The first kappa shape index (κ1) is 20.0. The molecule has 4 nitrogen and oxygen atoms in total. The van der Waals surface area contributed by atoms with Crippen LogP contribution in [-0.2, 0) is 16.1 Å². The lowest BCUT2D eigenvalue weighted by molar-refractivity contribution is -0.116. The van der Waals surface area contributed by atoms with Gasteiger partial charge < -0.3 is 15.2 Å². The van der Waals surface area contributed by atoms with E-state index in [2.05, 4.69) is 11.2 Å². The fourth-order valence-electron chi connectivity index (χ4n) is 2.27. The second-order valence-corrected chi connectivity index (χ2v) is 6.01. The van der Waals surface area contributed by atoms with Gasteiger partial charge in [-0.1, -0.05) is 56.2 Å². The van der Waals surface area contributed by atoms with E-state index in [-0.39, 0.29) is 24.3 Å². The SMILES string of the molecule is C#CCNC(=O)/C=C/[C@@H](CCOCc1ccccc1)[C@H](O)C(C)C. The summed E-state index contributed by atoms with van der Waals surface area (Å²) in [5, 5.41) is 12.9. The van der Waals surface area contributed by atoms with Crippen molar-refractivity contribution in [3.8, 4) is 12.3 Å². The number of nitrogens with one attached hydrogen (secondary N) is 1. The predicted molar refractivity (Wildman–Crippen MR) is 96.0 cm³/mol. The maximum absolute atomic E-state index is 11.6. The molecule has 0 radical (unpaired) electrons. The highest BCUT2D eigenvalue weighted by Gasteiger charge is 2.20. The fourth-order valence-corrected chi connectivity index (χ4v) is 2.27. The third kappa shape index (κ3) is 7.96. The number of hydrogen-bond acceptors (Lipinski definition) is 3. The maximum atomic E-state index is 11.6. The number of carbonyl (C=O) groups is 1. The number of carbonyl (C=O) groups excluding carboxylic acids is 1. The smallest absolute Gasteiger partial charge is 0.244 e. The lowest BCUT2D eigenvalue weighted by Crippen LogP contribution is -2.27. The molecule has 0 aliphatic heterocycles. The Morgan fingerprint density at radius 3 is 2.71 bits per heavy atom. The molecular weight excluding hydrogens is 302 g/mol. The topological polar surface area (TPSA) is 58.6 Å². The van der Waals surface area contributed by atoms with Crippen LogP contribution in [-0.4, -0.2) is 30.3 Å². The van der Waals surface area contributed by atoms with Crippen LogP contribution in [0.15, 0.2) is 42.5 Å². The van der Waals surface area contributed by atoms with Crippen LogP contribution in [0, 0.1) is 24.2 Å². The molecule has 0 heterocycles. The monoisotopic (exact) mass is 329 g/mol. The average Bonchev–Trinajstić information content (AvgIpc) is 2.59. The van der Waals surface area contributed by atoms with E-state index in [1.165, 1.54) is 6.08 Å². The van der Waals surface area contributed by atoms with Crippen LogP contribution in [0.5, 0.6) is 0 Å². The van der Waals surface area contributed by atoms with E-state index in [1.807, 2.05) is 44.2 Å². The molecule has 0 spiro atoms. The lowest BCUT2D eigenvalue weighted by Gasteiger charge is -2.23. The van der Waals surface area contributed by atoms with Crippen molar-refractivity contribution in [2.24, 2.45) is 11.8 Å². The second-order valence-electron chi connectivity index (χ2n) is 6.01.